The minimum absolute atomic E-state index is 0.130. The van der Waals surface area contributed by atoms with Crippen LogP contribution in [0.2, 0.25) is 0 Å². The van der Waals surface area contributed by atoms with Gasteiger partial charge in [-0.25, -0.2) is 0 Å². The van der Waals surface area contributed by atoms with Crippen molar-refractivity contribution < 1.29 is 4.79 Å². The molecule has 3 rings (SSSR count). The molecule has 0 spiro atoms. The van der Waals surface area contributed by atoms with Crippen LogP contribution >= 0.6 is 0 Å². The topological polar surface area (TPSA) is 50.2 Å². The van der Waals surface area contributed by atoms with Crippen LogP contribution in [0.15, 0.2) is 36.7 Å². The van der Waals surface area contributed by atoms with Gasteiger partial charge in [0.1, 0.15) is 0 Å². The lowest BCUT2D eigenvalue weighted by Crippen LogP contribution is -2.44. The van der Waals surface area contributed by atoms with E-state index in [0.717, 1.165) is 38.0 Å². The zero-order valence-corrected chi connectivity index (χ0v) is 15.2. The Hall–Kier alpha value is -2.14. The molecule has 134 valence electrons. The van der Waals surface area contributed by atoms with E-state index in [2.05, 4.69) is 46.5 Å². The average Bonchev–Trinajstić information content (AvgIpc) is 3.02. The molecule has 1 aromatic carbocycles. The van der Waals surface area contributed by atoms with E-state index in [9.17, 15) is 4.79 Å². The first-order valence-electron chi connectivity index (χ1n) is 9.15. The molecule has 1 aliphatic heterocycles. The van der Waals surface area contributed by atoms with Gasteiger partial charge in [0.15, 0.2) is 0 Å². The molecular weight excluding hydrogens is 312 g/mol. The first kappa shape index (κ1) is 17.7. The summed E-state index contributed by atoms with van der Waals surface area (Å²) in [6, 6.07) is 8.88. The number of piperidine rings is 1. The molecule has 1 aromatic heterocycles. The van der Waals surface area contributed by atoms with Gasteiger partial charge in [0.05, 0.1) is 6.20 Å². The lowest BCUT2D eigenvalue weighted by atomic mass is 10.0. The van der Waals surface area contributed by atoms with Crippen LogP contribution < -0.4 is 5.32 Å². The smallest absolute Gasteiger partial charge is 0.222 e. The van der Waals surface area contributed by atoms with E-state index in [1.165, 1.54) is 11.1 Å². The highest BCUT2D eigenvalue weighted by atomic mass is 16.1. The number of rotatable bonds is 6. The van der Waals surface area contributed by atoms with Gasteiger partial charge in [0.25, 0.3) is 0 Å². The zero-order chi connectivity index (χ0) is 17.6. The summed E-state index contributed by atoms with van der Waals surface area (Å²) >= 11 is 0. The fourth-order valence-corrected chi connectivity index (χ4v) is 3.37. The highest BCUT2D eigenvalue weighted by Crippen LogP contribution is 2.16. The van der Waals surface area contributed by atoms with Crippen LogP contribution in [0.1, 0.15) is 36.0 Å². The molecule has 2 heterocycles. The quantitative estimate of drug-likeness (QED) is 0.879. The van der Waals surface area contributed by atoms with Gasteiger partial charge in [-0.3, -0.25) is 14.4 Å². The third kappa shape index (κ3) is 5.16. The number of benzene rings is 1. The van der Waals surface area contributed by atoms with Gasteiger partial charge in [-0.15, -0.1) is 0 Å². The van der Waals surface area contributed by atoms with Crippen LogP contribution in [-0.4, -0.2) is 39.7 Å². The van der Waals surface area contributed by atoms with Crippen molar-refractivity contribution >= 4 is 5.91 Å². The van der Waals surface area contributed by atoms with Crippen LogP contribution in [-0.2, 0) is 17.9 Å². The van der Waals surface area contributed by atoms with Crippen molar-refractivity contribution in [1.29, 1.82) is 0 Å². The Bertz CT molecular complexity index is 701. The molecule has 1 fully saturated rings. The van der Waals surface area contributed by atoms with E-state index in [1.54, 1.807) is 0 Å². The first-order chi connectivity index (χ1) is 12.1. The number of hydrogen-bond donors (Lipinski definition) is 1. The lowest BCUT2D eigenvalue weighted by molar-refractivity contribution is -0.122. The van der Waals surface area contributed by atoms with Crippen LogP contribution in [0, 0.1) is 13.8 Å². The molecule has 1 aliphatic rings. The molecule has 1 N–H and O–H groups in total. The average molecular weight is 340 g/mol. The van der Waals surface area contributed by atoms with E-state index in [4.69, 9.17) is 0 Å². The van der Waals surface area contributed by atoms with Crippen LogP contribution in [0.4, 0.5) is 0 Å². The maximum Gasteiger partial charge on any atom is 0.222 e. The van der Waals surface area contributed by atoms with E-state index in [-0.39, 0.29) is 5.91 Å². The highest BCUT2D eigenvalue weighted by Gasteiger charge is 2.20. The Kier molecular flexibility index (Phi) is 5.87. The monoisotopic (exact) mass is 340 g/mol. The predicted molar refractivity (Wildman–Crippen MR) is 99.2 cm³/mol. The van der Waals surface area contributed by atoms with E-state index < -0.39 is 0 Å². The molecule has 1 saturated heterocycles. The molecule has 0 bridgehead atoms. The number of aryl methyl sites for hydroxylation is 3. The van der Waals surface area contributed by atoms with Crippen LogP contribution in [0.5, 0.6) is 0 Å². The summed E-state index contributed by atoms with van der Waals surface area (Å²) in [6.45, 7) is 7.91. The fourth-order valence-electron chi connectivity index (χ4n) is 3.37. The third-order valence-corrected chi connectivity index (χ3v) is 4.94. The van der Waals surface area contributed by atoms with Crippen molar-refractivity contribution in [3.05, 3.63) is 53.3 Å². The number of hydrogen-bond acceptors (Lipinski definition) is 3. The zero-order valence-electron chi connectivity index (χ0n) is 15.2. The molecule has 0 atom stereocenters. The van der Waals surface area contributed by atoms with Crippen molar-refractivity contribution in [3.8, 4) is 0 Å². The number of carbonyl (C=O) groups excluding carboxylic acids is 1. The summed E-state index contributed by atoms with van der Waals surface area (Å²) < 4.78 is 1.83. The number of nitrogens with zero attached hydrogens (tertiary/aromatic N) is 3. The van der Waals surface area contributed by atoms with Gasteiger partial charge in [0.2, 0.25) is 5.91 Å². The number of aromatic nitrogens is 2. The molecule has 1 amide bonds. The van der Waals surface area contributed by atoms with Crippen molar-refractivity contribution in [3.63, 3.8) is 0 Å². The fraction of sp³-hybridized carbons (Fsp3) is 0.500. The maximum absolute atomic E-state index is 12.1. The molecule has 25 heavy (non-hydrogen) atoms. The SMILES string of the molecule is Cc1cnn(CCC(=O)NC2CCN(Cc3ccccc3C)CC2)c1. The molecule has 0 saturated carbocycles. The molecular formula is C20H28N4O. The van der Waals surface area contributed by atoms with Crippen LogP contribution in [0.3, 0.4) is 0 Å². The van der Waals surface area contributed by atoms with Gasteiger partial charge in [-0.05, 0) is 43.4 Å². The second-order valence-corrected chi connectivity index (χ2v) is 7.08. The minimum atomic E-state index is 0.130. The summed E-state index contributed by atoms with van der Waals surface area (Å²) in [6.07, 6.45) is 6.33. The summed E-state index contributed by atoms with van der Waals surface area (Å²) in [5.74, 6) is 0.130. The Balaban J connectivity index is 1.38. The molecule has 2 aromatic rings. The second-order valence-electron chi connectivity index (χ2n) is 7.08. The largest absolute Gasteiger partial charge is 0.353 e. The van der Waals surface area contributed by atoms with E-state index in [1.807, 2.05) is 24.0 Å². The van der Waals surface area contributed by atoms with E-state index >= 15 is 0 Å². The van der Waals surface area contributed by atoms with Gasteiger partial charge >= 0.3 is 0 Å². The lowest BCUT2D eigenvalue weighted by Gasteiger charge is -2.32. The van der Waals surface area contributed by atoms with Gasteiger partial charge < -0.3 is 5.32 Å². The number of likely N-dealkylation sites (tertiary alicyclic amines) is 1. The summed E-state index contributed by atoms with van der Waals surface area (Å²) in [5.41, 5.74) is 3.88. The predicted octanol–water partition coefficient (Wildman–Crippen LogP) is 2.67. The minimum Gasteiger partial charge on any atom is -0.353 e. The summed E-state index contributed by atoms with van der Waals surface area (Å²) in [5, 5.41) is 7.41. The Morgan fingerprint density at radius 3 is 2.68 bits per heavy atom. The van der Waals surface area contributed by atoms with Crippen molar-refractivity contribution in [2.24, 2.45) is 0 Å². The normalized spacial score (nSPS) is 16.1. The molecule has 5 nitrogen and oxygen atoms in total. The van der Waals surface area contributed by atoms with Gasteiger partial charge in [0, 0.05) is 44.8 Å². The number of amides is 1. The maximum atomic E-state index is 12.1. The second kappa shape index (κ2) is 8.30. The van der Waals surface area contributed by atoms with Gasteiger partial charge in [-0.1, -0.05) is 24.3 Å². The van der Waals surface area contributed by atoms with Crippen molar-refractivity contribution in [2.75, 3.05) is 13.1 Å². The van der Waals surface area contributed by atoms with E-state index in [0.29, 0.717) is 19.0 Å². The Morgan fingerprint density at radius 1 is 1.24 bits per heavy atom. The summed E-state index contributed by atoms with van der Waals surface area (Å²) in [7, 11) is 0. The molecule has 5 heteroatoms. The summed E-state index contributed by atoms with van der Waals surface area (Å²) in [4.78, 5) is 14.6. The Morgan fingerprint density at radius 2 is 2.00 bits per heavy atom. The number of nitrogens with one attached hydrogen (secondary N) is 1. The Labute approximate surface area is 150 Å². The highest BCUT2D eigenvalue weighted by molar-refractivity contribution is 5.76. The molecule has 0 unspecified atom stereocenters. The van der Waals surface area contributed by atoms with Crippen LogP contribution in [0.25, 0.3) is 0 Å². The van der Waals surface area contributed by atoms with Crippen molar-refractivity contribution in [2.45, 2.75) is 52.2 Å². The molecule has 0 aliphatic carbocycles. The molecule has 0 radical (unpaired) electrons. The first-order valence-corrected chi connectivity index (χ1v) is 9.15. The number of carbonyl (C=O) groups is 1. The van der Waals surface area contributed by atoms with Crippen molar-refractivity contribution in [1.82, 2.24) is 20.0 Å². The van der Waals surface area contributed by atoms with Gasteiger partial charge in [-0.2, -0.15) is 5.10 Å². The third-order valence-electron chi connectivity index (χ3n) is 4.94. The standard InChI is InChI=1S/C20H28N4O/c1-16-13-21-24(14-16)12-9-20(25)22-19-7-10-23(11-8-19)15-18-6-4-3-5-17(18)2/h3-6,13-14,19H,7-12,15H2,1-2H3,(H,22,25).